The Morgan fingerprint density at radius 2 is 0.974 bits per heavy atom. The second-order valence-electron chi connectivity index (χ2n) is 9.68. The second-order valence-corrected chi connectivity index (χ2v) is 12.1. The summed E-state index contributed by atoms with van der Waals surface area (Å²) in [5.41, 5.74) is 0.383. The number of rotatable bonds is 10. The number of carbonyl (C=O) groups is 2. The number of halogens is 6. The fourth-order valence-electron chi connectivity index (χ4n) is 3.90. The van der Waals surface area contributed by atoms with Crippen LogP contribution >= 0.6 is 69.6 Å². The molecule has 0 aliphatic rings. The lowest BCUT2D eigenvalue weighted by Crippen LogP contribution is -2.32. The van der Waals surface area contributed by atoms with Gasteiger partial charge in [0.05, 0.1) is 30.1 Å². The highest BCUT2D eigenvalue weighted by atomic mass is 35.5. The normalized spacial score (nSPS) is 13.1. The van der Waals surface area contributed by atoms with E-state index >= 15 is 0 Å². The van der Waals surface area contributed by atoms with Crippen molar-refractivity contribution in [3.05, 3.63) is 53.4 Å². The molecule has 0 heterocycles. The fraction of sp³-hybridized carbons (Fsp3) is 0.462. The van der Waals surface area contributed by atoms with Crippen LogP contribution in [0.5, 0.6) is 11.5 Å². The van der Waals surface area contributed by atoms with E-state index in [1.165, 1.54) is 12.1 Å². The standard InChI is InChI=1S/C26H28Cl6O6/c1-11(2)5-13(7-15-21(31)17(27)9-19(29)23(15)33)37-25(35)26(36)38-14(6-12(3)4)8-16-22(32)18(28)10-20(30)24(16)34/h9-14,33-34H,5-8H2,1-4H3. The largest absolute Gasteiger partial charge is 0.506 e. The van der Waals surface area contributed by atoms with Gasteiger partial charge in [-0.3, -0.25) is 0 Å². The summed E-state index contributed by atoms with van der Waals surface area (Å²) in [6, 6.07) is 2.61. The molecule has 0 fully saturated rings. The van der Waals surface area contributed by atoms with Crippen LogP contribution in [0.25, 0.3) is 0 Å². The number of esters is 2. The summed E-state index contributed by atoms with van der Waals surface area (Å²) in [5, 5.41) is 21.2. The van der Waals surface area contributed by atoms with Gasteiger partial charge in [0.2, 0.25) is 0 Å². The summed E-state index contributed by atoms with van der Waals surface area (Å²) < 4.78 is 10.9. The Bertz CT molecular complexity index is 1040. The van der Waals surface area contributed by atoms with Crippen LogP contribution in [0.15, 0.2) is 12.1 Å². The minimum absolute atomic E-state index is 0.0111. The number of ether oxygens (including phenoxy) is 2. The third-order valence-corrected chi connectivity index (χ3v) is 7.76. The summed E-state index contributed by atoms with van der Waals surface area (Å²) in [7, 11) is 0. The van der Waals surface area contributed by atoms with Crippen molar-refractivity contribution in [1.82, 2.24) is 0 Å². The zero-order valence-corrected chi connectivity index (χ0v) is 25.6. The number of phenolic OH excluding ortho intramolecular Hbond substituents is 2. The number of hydrogen-bond donors (Lipinski definition) is 2. The zero-order chi connectivity index (χ0) is 28.9. The van der Waals surface area contributed by atoms with Gasteiger partial charge in [0.1, 0.15) is 23.7 Å². The van der Waals surface area contributed by atoms with Gasteiger partial charge < -0.3 is 19.7 Å². The topological polar surface area (TPSA) is 93.1 Å². The average molecular weight is 649 g/mol. The van der Waals surface area contributed by atoms with Crippen LogP contribution < -0.4 is 0 Å². The summed E-state index contributed by atoms with van der Waals surface area (Å²) in [4.78, 5) is 25.6. The summed E-state index contributed by atoms with van der Waals surface area (Å²) >= 11 is 36.7. The third kappa shape index (κ3) is 8.87. The van der Waals surface area contributed by atoms with Crippen LogP contribution in [0.2, 0.25) is 30.1 Å². The van der Waals surface area contributed by atoms with E-state index in [9.17, 15) is 19.8 Å². The Balaban J connectivity index is 2.24. The van der Waals surface area contributed by atoms with E-state index in [0.717, 1.165) is 0 Å². The molecule has 2 N–H and O–H groups in total. The molecule has 2 atom stereocenters. The fourth-order valence-corrected chi connectivity index (χ4v) is 5.34. The first-order chi connectivity index (χ1) is 17.6. The minimum Gasteiger partial charge on any atom is -0.506 e. The third-order valence-electron chi connectivity index (χ3n) is 5.53. The van der Waals surface area contributed by atoms with E-state index in [4.69, 9.17) is 79.1 Å². The molecule has 0 aliphatic carbocycles. The first-order valence-corrected chi connectivity index (χ1v) is 14.0. The van der Waals surface area contributed by atoms with Crippen LogP contribution in [0.1, 0.15) is 51.7 Å². The lowest BCUT2D eigenvalue weighted by atomic mass is 9.98. The van der Waals surface area contributed by atoms with Gasteiger partial charge in [0, 0.05) is 24.0 Å². The van der Waals surface area contributed by atoms with Crippen molar-refractivity contribution in [3.63, 3.8) is 0 Å². The number of hydrogen-bond acceptors (Lipinski definition) is 6. The van der Waals surface area contributed by atoms with Crippen molar-refractivity contribution in [2.24, 2.45) is 11.8 Å². The highest BCUT2D eigenvalue weighted by molar-refractivity contribution is 6.45. The molecule has 210 valence electrons. The molecule has 2 rings (SSSR count). The maximum absolute atomic E-state index is 12.8. The van der Waals surface area contributed by atoms with Crippen LogP contribution in [0, 0.1) is 11.8 Å². The summed E-state index contributed by atoms with van der Waals surface area (Å²) in [6.45, 7) is 7.60. The lowest BCUT2D eigenvalue weighted by molar-refractivity contribution is -0.175. The molecular weight excluding hydrogens is 621 g/mol. The maximum Gasteiger partial charge on any atom is 0.417 e. The predicted molar refractivity (Wildman–Crippen MR) is 152 cm³/mol. The maximum atomic E-state index is 12.8. The van der Waals surface area contributed by atoms with E-state index in [2.05, 4.69) is 0 Å². The molecule has 0 spiro atoms. The van der Waals surface area contributed by atoms with E-state index in [1.54, 1.807) is 0 Å². The van der Waals surface area contributed by atoms with Crippen molar-refractivity contribution in [3.8, 4) is 11.5 Å². The molecule has 6 nitrogen and oxygen atoms in total. The summed E-state index contributed by atoms with van der Waals surface area (Å²) in [5.74, 6) is -2.92. The molecule has 0 radical (unpaired) electrons. The molecule has 2 aromatic carbocycles. The first kappa shape index (κ1) is 32.9. The van der Waals surface area contributed by atoms with E-state index < -0.39 is 24.1 Å². The van der Waals surface area contributed by atoms with Gasteiger partial charge in [-0.1, -0.05) is 97.3 Å². The minimum atomic E-state index is -1.23. The molecule has 0 bridgehead atoms. The van der Waals surface area contributed by atoms with Crippen molar-refractivity contribution in [2.45, 2.75) is 65.6 Å². The summed E-state index contributed by atoms with van der Waals surface area (Å²) in [6.07, 6.45) is -1.08. The molecule has 0 amide bonds. The van der Waals surface area contributed by atoms with E-state index in [-0.39, 0.29) is 77.4 Å². The van der Waals surface area contributed by atoms with Crippen molar-refractivity contribution in [2.75, 3.05) is 0 Å². The van der Waals surface area contributed by atoms with E-state index in [1.807, 2.05) is 27.7 Å². The number of benzene rings is 2. The quantitative estimate of drug-likeness (QED) is 0.152. The van der Waals surface area contributed by atoms with Gasteiger partial charge in [-0.25, -0.2) is 9.59 Å². The van der Waals surface area contributed by atoms with Crippen molar-refractivity contribution < 1.29 is 29.3 Å². The molecule has 12 heteroatoms. The van der Waals surface area contributed by atoms with Gasteiger partial charge in [0.15, 0.2) is 0 Å². The SMILES string of the molecule is CC(C)CC(Cc1c(O)c(Cl)cc(Cl)c1Cl)OC(=O)C(=O)OC(Cc1c(O)c(Cl)cc(Cl)c1Cl)CC(C)C. The Morgan fingerprint density at radius 3 is 1.26 bits per heavy atom. The van der Waals surface area contributed by atoms with Gasteiger partial charge in [-0.15, -0.1) is 0 Å². The highest BCUT2D eigenvalue weighted by Gasteiger charge is 2.30. The number of phenols is 2. The molecule has 0 aliphatic heterocycles. The van der Waals surface area contributed by atoms with Crippen molar-refractivity contribution >= 4 is 81.5 Å². The van der Waals surface area contributed by atoms with Gasteiger partial charge in [-0.05, 0) is 36.8 Å². The van der Waals surface area contributed by atoms with Gasteiger partial charge in [-0.2, -0.15) is 0 Å². The lowest BCUT2D eigenvalue weighted by Gasteiger charge is -2.23. The first-order valence-electron chi connectivity index (χ1n) is 11.7. The van der Waals surface area contributed by atoms with E-state index in [0.29, 0.717) is 12.8 Å². The number of carbonyl (C=O) groups excluding carboxylic acids is 2. The van der Waals surface area contributed by atoms with Crippen LogP contribution in [0.4, 0.5) is 0 Å². The zero-order valence-electron chi connectivity index (χ0n) is 21.1. The molecule has 38 heavy (non-hydrogen) atoms. The predicted octanol–water partition coefficient (Wildman–Crippen LogP) is 8.72. The monoisotopic (exact) mass is 646 g/mol. The molecule has 2 aromatic rings. The molecule has 2 unspecified atom stereocenters. The Kier molecular flexibility index (Phi) is 12.5. The Hall–Kier alpha value is -1.28. The second kappa shape index (κ2) is 14.4. The van der Waals surface area contributed by atoms with Crippen molar-refractivity contribution in [1.29, 1.82) is 0 Å². The van der Waals surface area contributed by atoms with Crippen LogP contribution in [0.3, 0.4) is 0 Å². The average Bonchev–Trinajstić information content (AvgIpc) is 2.80. The Labute approximate surface area is 252 Å². The highest BCUT2D eigenvalue weighted by Crippen LogP contribution is 2.41. The molecule has 0 aromatic heterocycles. The Morgan fingerprint density at radius 1 is 0.658 bits per heavy atom. The molecular formula is C26H28Cl6O6. The molecule has 0 saturated carbocycles. The smallest absolute Gasteiger partial charge is 0.417 e. The van der Waals surface area contributed by atoms with Gasteiger partial charge in [0.25, 0.3) is 0 Å². The van der Waals surface area contributed by atoms with Gasteiger partial charge >= 0.3 is 11.9 Å². The van der Waals surface area contributed by atoms with Crippen LogP contribution in [-0.4, -0.2) is 34.4 Å². The molecule has 0 saturated heterocycles. The number of aromatic hydroxyl groups is 2. The van der Waals surface area contributed by atoms with Crippen LogP contribution in [-0.2, 0) is 31.9 Å².